The van der Waals surface area contributed by atoms with Crippen molar-refractivity contribution in [3.8, 4) is 0 Å². The second-order valence-electron chi connectivity index (χ2n) is 5.20. The highest BCUT2D eigenvalue weighted by Crippen LogP contribution is 2.30. The quantitative estimate of drug-likeness (QED) is 0.855. The maximum absolute atomic E-state index is 11.2. The summed E-state index contributed by atoms with van der Waals surface area (Å²) in [5, 5.41) is 13.4. The number of carbonyl (C=O) groups is 1. The van der Waals surface area contributed by atoms with Gasteiger partial charge in [-0.05, 0) is 26.3 Å². The lowest BCUT2D eigenvalue weighted by Crippen LogP contribution is -2.45. The average molecular weight is 237 g/mol. The Hall–Kier alpha value is -1.36. The number of carboxylic acid groups (broad SMARTS) is 1. The van der Waals surface area contributed by atoms with E-state index in [1.54, 1.807) is 4.68 Å². The Morgan fingerprint density at radius 2 is 2.41 bits per heavy atom. The minimum Gasteiger partial charge on any atom is -0.481 e. The third-order valence-corrected chi connectivity index (χ3v) is 3.46. The van der Waals surface area contributed by atoms with Crippen molar-refractivity contribution in [2.75, 3.05) is 13.1 Å². The molecule has 2 heterocycles. The molecule has 2 rings (SSSR count). The number of aliphatic carboxylic acids is 1. The van der Waals surface area contributed by atoms with Gasteiger partial charge in [0.2, 0.25) is 0 Å². The molecule has 5 heteroatoms. The molecule has 0 aliphatic carbocycles. The Kier molecular flexibility index (Phi) is 3.19. The molecule has 0 radical (unpaired) electrons. The van der Waals surface area contributed by atoms with Gasteiger partial charge in [-0.1, -0.05) is 0 Å². The largest absolute Gasteiger partial charge is 0.481 e. The number of likely N-dealkylation sites (tertiary alicyclic amines) is 1. The number of piperidine rings is 1. The molecule has 0 amide bonds. The topological polar surface area (TPSA) is 58.4 Å². The van der Waals surface area contributed by atoms with Crippen LogP contribution in [-0.2, 0) is 18.4 Å². The summed E-state index contributed by atoms with van der Waals surface area (Å²) in [5.74, 6) is -0.687. The molecule has 1 saturated heterocycles. The zero-order valence-electron chi connectivity index (χ0n) is 10.4. The van der Waals surface area contributed by atoms with Gasteiger partial charge >= 0.3 is 5.97 Å². The van der Waals surface area contributed by atoms with E-state index in [9.17, 15) is 9.90 Å². The minimum atomic E-state index is -0.687. The molecule has 1 atom stereocenters. The monoisotopic (exact) mass is 237 g/mol. The van der Waals surface area contributed by atoms with Gasteiger partial charge in [0, 0.05) is 31.9 Å². The van der Waals surface area contributed by atoms with Crippen LogP contribution in [0.2, 0.25) is 0 Å². The second-order valence-corrected chi connectivity index (χ2v) is 5.20. The van der Waals surface area contributed by atoms with Gasteiger partial charge in [-0.25, -0.2) is 0 Å². The predicted molar refractivity (Wildman–Crippen MR) is 63.5 cm³/mol. The predicted octanol–water partition coefficient (Wildman–Crippen LogP) is 1.11. The summed E-state index contributed by atoms with van der Waals surface area (Å²) in [6.07, 6.45) is 5.54. The van der Waals surface area contributed by atoms with E-state index < -0.39 is 11.4 Å². The van der Waals surface area contributed by atoms with Crippen LogP contribution in [0.5, 0.6) is 0 Å². The molecular weight excluding hydrogens is 218 g/mol. The Balaban J connectivity index is 2.00. The first-order valence-corrected chi connectivity index (χ1v) is 5.93. The van der Waals surface area contributed by atoms with Crippen molar-refractivity contribution in [1.29, 1.82) is 0 Å². The molecule has 0 spiro atoms. The van der Waals surface area contributed by atoms with Crippen LogP contribution in [0.25, 0.3) is 0 Å². The SMILES string of the molecule is Cn1cc(CN2CCCC(C)(C(=O)O)C2)cn1. The Bertz CT molecular complexity index is 416. The zero-order valence-corrected chi connectivity index (χ0v) is 10.4. The smallest absolute Gasteiger partial charge is 0.310 e. The molecule has 0 aromatic carbocycles. The summed E-state index contributed by atoms with van der Waals surface area (Å²) in [7, 11) is 1.89. The van der Waals surface area contributed by atoms with Crippen LogP contribution < -0.4 is 0 Å². The number of nitrogens with zero attached hydrogens (tertiary/aromatic N) is 3. The van der Waals surface area contributed by atoms with Crippen LogP contribution in [0.1, 0.15) is 25.3 Å². The van der Waals surface area contributed by atoms with Gasteiger partial charge in [0.05, 0.1) is 11.6 Å². The lowest BCUT2D eigenvalue weighted by atomic mass is 9.82. The first kappa shape index (κ1) is 12.1. The number of carboxylic acids is 1. The van der Waals surface area contributed by atoms with E-state index in [4.69, 9.17) is 0 Å². The highest BCUT2D eigenvalue weighted by atomic mass is 16.4. The lowest BCUT2D eigenvalue weighted by molar-refractivity contribution is -0.151. The van der Waals surface area contributed by atoms with Crippen molar-refractivity contribution < 1.29 is 9.90 Å². The molecule has 0 saturated carbocycles. The highest BCUT2D eigenvalue weighted by Gasteiger charge is 2.37. The van der Waals surface area contributed by atoms with Crippen LogP contribution in [0.15, 0.2) is 12.4 Å². The van der Waals surface area contributed by atoms with Crippen molar-refractivity contribution in [1.82, 2.24) is 14.7 Å². The minimum absolute atomic E-state index is 0.597. The second kappa shape index (κ2) is 4.49. The van der Waals surface area contributed by atoms with Gasteiger partial charge in [-0.3, -0.25) is 14.4 Å². The summed E-state index contributed by atoms with van der Waals surface area (Å²) in [6, 6.07) is 0. The van der Waals surface area contributed by atoms with E-state index in [-0.39, 0.29) is 0 Å². The van der Waals surface area contributed by atoms with E-state index in [0.717, 1.165) is 31.5 Å². The van der Waals surface area contributed by atoms with E-state index >= 15 is 0 Å². The van der Waals surface area contributed by atoms with Crippen molar-refractivity contribution in [3.05, 3.63) is 18.0 Å². The van der Waals surface area contributed by atoms with Gasteiger partial charge in [0.15, 0.2) is 0 Å². The molecule has 1 fully saturated rings. The van der Waals surface area contributed by atoms with Crippen molar-refractivity contribution in [2.45, 2.75) is 26.3 Å². The Morgan fingerprint density at radius 1 is 1.65 bits per heavy atom. The normalized spacial score (nSPS) is 26.0. The summed E-state index contributed by atoms with van der Waals surface area (Å²) in [6.45, 7) is 4.22. The van der Waals surface area contributed by atoms with Crippen LogP contribution >= 0.6 is 0 Å². The maximum atomic E-state index is 11.2. The third-order valence-electron chi connectivity index (χ3n) is 3.46. The highest BCUT2D eigenvalue weighted by molar-refractivity contribution is 5.74. The maximum Gasteiger partial charge on any atom is 0.310 e. The summed E-state index contributed by atoms with van der Waals surface area (Å²) in [4.78, 5) is 13.4. The Labute approximate surface area is 101 Å². The molecule has 0 bridgehead atoms. The summed E-state index contributed by atoms with van der Waals surface area (Å²) >= 11 is 0. The number of aromatic nitrogens is 2. The van der Waals surface area contributed by atoms with Gasteiger partial charge in [0.25, 0.3) is 0 Å². The van der Waals surface area contributed by atoms with Crippen LogP contribution in [0.4, 0.5) is 0 Å². The lowest BCUT2D eigenvalue weighted by Gasteiger charge is -2.37. The van der Waals surface area contributed by atoms with Crippen molar-refractivity contribution in [3.63, 3.8) is 0 Å². The molecule has 17 heavy (non-hydrogen) atoms. The summed E-state index contributed by atoms with van der Waals surface area (Å²) in [5.41, 5.74) is 0.544. The van der Waals surface area contributed by atoms with Crippen LogP contribution in [0, 0.1) is 5.41 Å². The number of rotatable bonds is 3. The van der Waals surface area contributed by atoms with Gasteiger partial charge in [-0.15, -0.1) is 0 Å². The average Bonchev–Trinajstić information content (AvgIpc) is 2.64. The summed E-state index contributed by atoms with van der Waals surface area (Å²) < 4.78 is 1.77. The third kappa shape index (κ3) is 2.66. The van der Waals surface area contributed by atoms with Gasteiger partial charge in [0.1, 0.15) is 0 Å². The van der Waals surface area contributed by atoms with E-state index in [2.05, 4.69) is 10.00 Å². The van der Waals surface area contributed by atoms with Crippen LogP contribution in [0.3, 0.4) is 0 Å². The molecule has 1 aromatic heterocycles. The fourth-order valence-electron chi connectivity index (χ4n) is 2.47. The first-order chi connectivity index (χ1) is 7.99. The van der Waals surface area contributed by atoms with Gasteiger partial charge in [-0.2, -0.15) is 5.10 Å². The standard InChI is InChI=1S/C12H19N3O2/c1-12(11(16)17)4-3-5-15(9-12)8-10-6-13-14(2)7-10/h6-7H,3-5,8-9H2,1-2H3,(H,16,17). The molecule has 1 aromatic rings. The van der Waals surface area contributed by atoms with Crippen molar-refractivity contribution in [2.24, 2.45) is 12.5 Å². The first-order valence-electron chi connectivity index (χ1n) is 5.93. The van der Waals surface area contributed by atoms with E-state index in [0.29, 0.717) is 6.54 Å². The van der Waals surface area contributed by atoms with Gasteiger partial charge < -0.3 is 5.11 Å². The zero-order chi connectivity index (χ0) is 12.5. The number of hydrogen-bond donors (Lipinski definition) is 1. The number of aryl methyl sites for hydroxylation is 1. The molecule has 1 N–H and O–H groups in total. The molecular formula is C12H19N3O2. The molecule has 1 unspecified atom stereocenters. The molecule has 1 aliphatic heterocycles. The van der Waals surface area contributed by atoms with Crippen molar-refractivity contribution >= 4 is 5.97 Å². The molecule has 1 aliphatic rings. The van der Waals surface area contributed by atoms with E-state index in [1.807, 2.05) is 26.4 Å². The molecule has 94 valence electrons. The fourth-order valence-corrected chi connectivity index (χ4v) is 2.47. The fraction of sp³-hybridized carbons (Fsp3) is 0.667. The Morgan fingerprint density at radius 3 is 3.00 bits per heavy atom. The number of hydrogen-bond acceptors (Lipinski definition) is 3. The molecule has 5 nitrogen and oxygen atoms in total. The van der Waals surface area contributed by atoms with Crippen LogP contribution in [-0.4, -0.2) is 38.8 Å². The van der Waals surface area contributed by atoms with E-state index in [1.165, 1.54) is 0 Å².